The van der Waals surface area contributed by atoms with Crippen LogP contribution in [-0.4, -0.2) is 51.2 Å². The minimum atomic E-state index is 0.345. The monoisotopic (exact) mass is 342 g/mol. The highest BCUT2D eigenvalue weighted by Crippen LogP contribution is 2.38. The summed E-state index contributed by atoms with van der Waals surface area (Å²) in [5.74, 6) is 4.51. The van der Waals surface area contributed by atoms with Gasteiger partial charge in [-0.05, 0) is 19.8 Å². The van der Waals surface area contributed by atoms with Gasteiger partial charge in [0.1, 0.15) is 11.6 Å². The number of hydrogen-bond donors (Lipinski definition) is 0. The Labute approximate surface area is 148 Å². The molecule has 4 rings (SSSR count). The molecule has 7 nitrogen and oxygen atoms in total. The molecule has 1 aliphatic heterocycles. The Morgan fingerprint density at radius 3 is 2.56 bits per heavy atom. The van der Waals surface area contributed by atoms with Gasteiger partial charge in [0.2, 0.25) is 5.89 Å². The summed E-state index contributed by atoms with van der Waals surface area (Å²) in [6.07, 6.45) is 2.41. The zero-order chi connectivity index (χ0) is 17.4. The van der Waals surface area contributed by atoms with Crippen LogP contribution in [-0.2, 0) is 6.54 Å². The second-order valence-corrected chi connectivity index (χ2v) is 7.46. The van der Waals surface area contributed by atoms with Crippen molar-refractivity contribution in [3.63, 3.8) is 0 Å². The van der Waals surface area contributed by atoms with Crippen molar-refractivity contribution < 1.29 is 4.52 Å². The first-order valence-electron chi connectivity index (χ1n) is 9.24. The molecule has 1 saturated heterocycles. The van der Waals surface area contributed by atoms with E-state index in [9.17, 15) is 0 Å². The summed E-state index contributed by atoms with van der Waals surface area (Å²) in [6.45, 7) is 10.9. The lowest BCUT2D eigenvalue weighted by Crippen LogP contribution is -2.46. The van der Waals surface area contributed by atoms with Crippen molar-refractivity contribution in [1.82, 2.24) is 25.0 Å². The fourth-order valence-corrected chi connectivity index (χ4v) is 3.16. The molecule has 25 heavy (non-hydrogen) atoms. The van der Waals surface area contributed by atoms with Crippen LogP contribution in [0.5, 0.6) is 0 Å². The highest BCUT2D eigenvalue weighted by atomic mass is 16.5. The van der Waals surface area contributed by atoms with E-state index >= 15 is 0 Å². The van der Waals surface area contributed by atoms with Crippen molar-refractivity contribution in [2.75, 3.05) is 31.1 Å². The molecule has 0 atom stereocenters. The van der Waals surface area contributed by atoms with Gasteiger partial charge in [0.15, 0.2) is 5.82 Å². The van der Waals surface area contributed by atoms with Crippen molar-refractivity contribution in [1.29, 1.82) is 0 Å². The third kappa shape index (κ3) is 3.81. The van der Waals surface area contributed by atoms with E-state index in [0.29, 0.717) is 11.8 Å². The third-order valence-electron chi connectivity index (χ3n) is 4.86. The summed E-state index contributed by atoms with van der Waals surface area (Å²) >= 11 is 0. The molecule has 2 aromatic rings. The van der Waals surface area contributed by atoms with Crippen LogP contribution in [0.4, 0.5) is 5.82 Å². The van der Waals surface area contributed by atoms with Crippen LogP contribution in [0.2, 0.25) is 0 Å². The second-order valence-electron chi connectivity index (χ2n) is 7.46. The smallest absolute Gasteiger partial charge is 0.240 e. The Morgan fingerprint density at radius 1 is 1.12 bits per heavy atom. The molecule has 0 N–H and O–H groups in total. The Hall–Kier alpha value is -2.02. The van der Waals surface area contributed by atoms with Crippen LogP contribution in [0.1, 0.15) is 61.8 Å². The quantitative estimate of drug-likeness (QED) is 0.826. The zero-order valence-electron chi connectivity index (χ0n) is 15.3. The van der Waals surface area contributed by atoms with Crippen LogP contribution < -0.4 is 4.90 Å². The number of piperazine rings is 1. The van der Waals surface area contributed by atoms with Gasteiger partial charge in [-0.25, -0.2) is 9.97 Å². The highest BCUT2D eigenvalue weighted by molar-refractivity contribution is 5.40. The maximum atomic E-state index is 5.40. The van der Waals surface area contributed by atoms with Gasteiger partial charge in [-0.15, -0.1) is 0 Å². The molecule has 2 aliphatic rings. The maximum Gasteiger partial charge on any atom is 0.240 e. The first-order chi connectivity index (χ1) is 12.1. The third-order valence-corrected chi connectivity index (χ3v) is 4.86. The molecule has 0 aromatic carbocycles. The summed E-state index contributed by atoms with van der Waals surface area (Å²) in [5, 5.41) is 4.10. The van der Waals surface area contributed by atoms with Crippen LogP contribution in [0.3, 0.4) is 0 Å². The number of nitrogens with zero attached hydrogens (tertiary/aromatic N) is 6. The number of aromatic nitrogens is 4. The van der Waals surface area contributed by atoms with Gasteiger partial charge in [-0.3, -0.25) is 4.90 Å². The van der Waals surface area contributed by atoms with E-state index in [0.717, 1.165) is 61.8 Å². The van der Waals surface area contributed by atoms with E-state index in [4.69, 9.17) is 9.51 Å². The standard InChI is InChI=1S/C18H26N6O/c1-12(2)17-19-13(3)10-15(20-17)24-8-6-23(7-9-24)11-16-21-18(22-25-16)14-4-5-14/h10,12,14H,4-9,11H2,1-3H3. The van der Waals surface area contributed by atoms with E-state index in [1.807, 2.05) is 6.92 Å². The fourth-order valence-electron chi connectivity index (χ4n) is 3.16. The van der Waals surface area contributed by atoms with Crippen molar-refractivity contribution in [2.45, 2.75) is 52.0 Å². The molecule has 0 unspecified atom stereocenters. The Kier molecular flexibility index (Phi) is 4.41. The second kappa shape index (κ2) is 6.71. The number of hydrogen-bond acceptors (Lipinski definition) is 7. The molecule has 0 bridgehead atoms. The number of anilines is 1. The molecule has 1 saturated carbocycles. The summed E-state index contributed by atoms with van der Waals surface area (Å²) < 4.78 is 5.40. The minimum Gasteiger partial charge on any atom is -0.354 e. The normalized spacial score (nSPS) is 19.0. The molecule has 2 fully saturated rings. The van der Waals surface area contributed by atoms with Gasteiger partial charge in [-0.2, -0.15) is 4.98 Å². The van der Waals surface area contributed by atoms with Gasteiger partial charge in [0.25, 0.3) is 0 Å². The Bertz CT molecular complexity index is 731. The summed E-state index contributed by atoms with van der Waals surface area (Å²) in [5.41, 5.74) is 1.04. The lowest BCUT2D eigenvalue weighted by Gasteiger charge is -2.34. The summed E-state index contributed by atoms with van der Waals surface area (Å²) in [6, 6.07) is 2.08. The van der Waals surface area contributed by atoms with E-state index in [1.165, 1.54) is 12.8 Å². The van der Waals surface area contributed by atoms with Crippen molar-refractivity contribution >= 4 is 5.82 Å². The van der Waals surface area contributed by atoms with Gasteiger partial charge in [0.05, 0.1) is 6.54 Å². The first kappa shape index (κ1) is 16.4. The number of rotatable bonds is 5. The van der Waals surface area contributed by atoms with Gasteiger partial charge < -0.3 is 9.42 Å². The van der Waals surface area contributed by atoms with Crippen molar-refractivity contribution in [2.24, 2.45) is 0 Å². The van der Waals surface area contributed by atoms with Gasteiger partial charge >= 0.3 is 0 Å². The molecule has 2 aromatic heterocycles. The average Bonchev–Trinajstić information content (AvgIpc) is 3.35. The first-order valence-corrected chi connectivity index (χ1v) is 9.24. The molecule has 0 amide bonds. The van der Waals surface area contributed by atoms with Crippen LogP contribution in [0.25, 0.3) is 0 Å². The summed E-state index contributed by atoms with van der Waals surface area (Å²) in [7, 11) is 0. The molecule has 0 spiro atoms. The van der Waals surface area contributed by atoms with E-state index < -0.39 is 0 Å². The molecule has 1 aliphatic carbocycles. The van der Waals surface area contributed by atoms with E-state index in [2.05, 4.69) is 44.8 Å². The van der Waals surface area contributed by atoms with E-state index in [1.54, 1.807) is 0 Å². The lowest BCUT2D eigenvalue weighted by atomic mass is 10.2. The summed E-state index contributed by atoms with van der Waals surface area (Å²) in [4.78, 5) is 18.5. The molecule has 3 heterocycles. The Balaban J connectivity index is 1.36. The van der Waals surface area contributed by atoms with Crippen molar-refractivity contribution in [3.8, 4) is 0 Å². The SMILES string of the molecule is Cc1cc(N2CCN(Cc3nc(C4CC4)no3)CC2)nc(C(C)C)n1. The molecular weight excluding hydrogens is 316 g/mol. The van der Waals surface area contributed by atoms with Crippen LogP contribution >= 0.6 is 0 Å². The molecule has 134 valence electrons. The molecule has 0 radical (unpaired) electrons. The predicted molar refractivity (Wildman–Crippen MR) is 94.6 cm³/mol. The predicted octanol–water partition coefficient (Wildman–Crippen LogP) is 2.49. The zero-order valence-corrected chi connectivity index (χ0v) is 15.3. The maximum absolute atomic E-state index is 5.40. The van der Waals surface area contributed by atoms with Gasteiger partial charge in [0, 0.05) is 49.8 Å². The lowest BCUT2D eigenvalue weighted by molar-refractivity contribution is 0.215. The molecular formula is C18H26N6O. The average molecular weight is 342 g/mol. The Morgan fingerprint density at radius 2 is 1.88 bits per heavy atom. The minimum absolute atomic E-state index is 0.345. The molecule has 7 heteroatoms. The van der Waals surface area contributed by atoms with Crippen LogP contribution in [0.15, 0.2) is 10.6 Å². The van der Waals surface area contributed by atoms with Crippen LogP contribution in [0, 0.1) is 6.92 Å². The number of aryl methyl sites for hydroxylation is 1. The van der Waals surface area contributed by atoms with E-state index in [-0.39, 0.29) is 0 Å². The van der Waals surface area contributed by atoms with Gasteiger partial charge in [-0.1, -0.05) is 19.0 Å². The van der Waals surface area contributed by atoms with Crippen molar-refractivity contribution in [3.05, 3.63) is 29.3 Å². The largest absolute Gasteiger partial charge is 0.354 e. The highest BCUT2D eigenvalue weighted by Gasteiger charge is 2.29. The fraction of sp³-hybridized carbons (Fsp3) is 0.667. The topological polar surface area (TPSA) is 71.2 Å².